The normalized spacial score (nSPS) is 20.6. The zero-order chi connectivity index (χ0) is 10.4. The molecule has 0 amide bonds. The van der Waals surface area contributed by atoms with Crippen molar-refractivity contribution in [1.29, 1.82) is 0 Å². The van der Waals surface area contributed by atoms with Crippen LogP contribution in [0.1, 0.15) is 61.4 Å². The number of nitrogen functional groups attached to an aromatic ring is 1. The number of aromatic nitrogens is 2. The molecule has 1 heterocycles. The minimum atomic E-state index is 0.482. The van der Waals surface area contributed by atoms with E-state index in [0.717, 1.165) is 6.42 Å². The molecule has 0 radical (unpaired) electrons. The number of anilines is 1. The van der Waals surface area contributed by atoms with E-state index in [0.29, 0.717) is 17.8 Å². The van der Waals surface area contributed by atoms with E-state index in [9.17, 15) is 0 Å². The molecule has 1 aromatic heterocycles. The predicted octanol–water partition coefficient (Wildman–Crippen LogP) is 2.38. The summed E-state index contributed by atoms with van der Waals surface area (Å²) in [5.41, 5.74) is 9.70. The lowest BCUT2D eigenvalue weighted by Crippen LogP contribution is -2.07. The fraction of sp³-hybridized carbons (Fsp3) is 0.667. The molecule has 2 aliphatic carbocycles. The molecule has 15 heavy (non-hydrogen) atoms. The van der Waals surface area contributed by atoms with Crippen molar-refractivity contribution >= 4 is 5.95 Å². The van der Waals surface area contributed by atoms with Gasteiger partial charge in [-0.3, -0.25) is 0 Å². The molecule has 3 rings (SSSR count). The first-order valence-corrected chi connectivity index (χ1v) is 5.95. The maximum Gasteiger partial charge on any atom is 0.220 e. The quantitative estimate of drug-likeness (QED) is 0.820. The lowest BCUT2D eigenvalue weighted by Gasteiger charge is -2.11. The Morgan fingerprint density at radius 1 is 1.07 bits per heavy atom. The molecule has 0 atom stereocenters. The Balaban J connectivity index is 2.10. The average Bonchev–Trinajstić information content (AvgIpc) is 3.07. The molecular weight excluding hydrogens is 186 g/mol. The van der Waals surface area contributed by atoms with Gasteiger partial charge < -0.3 is 5.73 Å². The molecule has 1 aromatic rings. The predicted molar refractivity (Wildman–Crippen MR) is 59.8 cm³/mol. The highest BCUT2D eigenvalue weighted by molar-refractivity contribution is 5.39. The Labute approximate surface area is 90.1 Å². The van der Waals surface area contributed by atoms with Gasteiger partial charge in [0.05, 0.1) is 11.4 Å². The second kappa shape index (κ2) is 3.19. The molecule has 0 saturated heterocycles. The van der Waals surface area contributed by atoms with E-state index in [1.807, 2.05) is 0 Å². The first kappa shape index (κ1) is 9.13. The highest BCUT2D eigenvalue weighted by atomic mass is 15.0. The van der Waals surface area contributed by atoms with E-state index in [1.165, 1.54) is 42.6 Å². The van der Waals surface area contributed by atoms with E-state index in [-0.39, 0.29) is 0 Å². The van der Waals surface area contributed by atoms with Crippen molar-refractivity contribution in [3.8, 4) is 0 Å². The molecule has 0 bridgehead atoms. The summed E-state index contributed by atoms with van der Waals surface area (Å²) in [4.78, 5) is 8.89. The SMILES string of the molecule is CCc1c(C2CC2)nc(N)nc1C1CC1. The molecule has 80 valence electrons. The second-order valence-electron chi connectivity index (χ2n) is 4.73. The summed E-state index contributed by atoms with van der Waals surface area (Å²) in [7, 11) is 0. The van der Waals surface area contributed by atoms with E-state index in [4.69, 9.17) is 5.73 Å². The van der Waals surface area contributed by atoms with Crippen LogP contribution in [0.25, 0.3) is 0 Å². The van der Waals surface area contributed by atoms with Crippen LogP contribution in [-0.4, -0.2) is 9.97 Å². The fourth-order valence-corrected chi connectivity index (χ4v) is 2.29. The number of hydrogen-bond donors (Lipinski definition) is 1. The van der Waals surface area contributed by atoms with Crippen LogP contribution >= 0.6 is 0 Å². The molecule has 2 fully saturated rings. The van der Waals surface area contributed by atoms with Gasteiger partial charge in [-0.1, -0.05) is 6.92 Å². The van der Waals surface area contributed by atoms with Crippen LogP contribution in [0.4, 0.5) is 5.95 Å². The third-order valence-corrected chi connectivity index (χ3v) is 3.37. The third-order valence-electron chi connectivity index (χ3n) is 3.37. The smallest absolute Gasteiger partial charge is 0.220 e. The van der Waals surface area contributed by atoms with Gasteiger partial charge in [-0.15, -0.1) is 0 Å². The van der Waals surface area contributed by atoms with E-state index < -0.39 is 0 Å². The molecule has 2 saturated carbocycles. The Hall–Kier alpha value is -1.12. The lowest BCUT2D eigenvalue weighted by molar-refractivity contribution is 0.867. The number of hydrogen-bond acceptors (Lipinski definition) is 3. The highest BCUT2D eigenvalue weighted by Crippen LogP contribution is 2.46. The van der Waals surface area contributed by atoms with Crippen molar-refractivity contribution in [3.63, 3.8) is 0 Å². The van der Waals surface area contributed by atoms with Crippen LogP contribution < -0.4 is 5.73 Å². The first-order chi connectivity index (χ1) is 7.29. The molecule has 3 heteroatoms. The van der Waals surface area contributed by atoms with Crippen molar-refractivity contribution in [2.24, 2.45) is 0 Å². The van der Waals surface area contributed by atoms with Crippen molar-refractivity contribution in [3.05, 3.63) is 17.0 Å². The summed E-state index contributed by atoms with van der Waals surface area (Å²) in [6.45, 7) is 2.20. The van der Waals surface area contributed by atoms with Crippen LogP contribution in [0.3, 0.4) is 0 Å². The van der Waals surface area contributed by atoms with Gasteiger partial charge in [0.15, 0.2) is 0 Å². The molecule has 3 nitrogen and oxygen atoms in total. The summed E-state index contributed by atoms with van der Waals surface area (Å²) in [6.07, 6.45) is 6.19. The standard InChI is InChI=1S/C12H17N3/c1-2-9-10(7-3-4-7)14-12(13)15-11(9)8-5-6-8/h7-8H,2-6H2,1H3,(H2,13,14,15). The maximum absolute atomic E-state index is 5.79. The summed E-state index contributed by atoms with van der Waals surface area (Å²) in [5.74, 6) is 1.85. The summed E-state index contributed by atoms with van der Waals surface area (Å²) >= 11 is 0. The average molecular weight is 203 g/mol. The second-order valence-corrected chi connectivity index (χ2v) is 4.73. The third kappa shape index (κ3) is 1.60. The van der Waals surface area contributed by atoms with E-state index >= 15 is 0 Å². The Morgan fingerprint density at radius 2 is 1.53 bits per heavy atom. The van der Waals surface area contributed by atoms with Gasteiger partial charge >= 0.3 is 0 Å². The van der Waals surface area contributed by atoms with E-state index in [1.54, 1.807) is 0 Å². The van der Waals surface area contributed by atoms with Gasteiger partial charge in [-0.2, -0.15) is 0 Å². The van der Waals surface area contributed by atoms with E-state index in [2.05, 4.69) is 16.9 Å². The van der Waals surface area contributed by atoms with Gasteiger partial charge in [-0.05, 0) is 37.7 Å². The number of nitrogens with two attached hydrogens (primary N) is 1. The summed E-state index contributed by atoms with van der Waals surface area (Å²) in [6, 6.07) is 0. The van der Waals surface area contributed by atoms with Gasteiger partial charge in [0.25, 0.3) is 0 Å². The zero-order valence-electron chi connectivity index (χ0n) is 9.16. The topological polar surface area (TPSA) is 51.8 Å². The van der Waals surface area contributed by atoms with Gasteiger partial charge in [0, 0.05) is 11.8 Å². The molecule has 0 spiro atoms. The monoisotopic (exact) mass is 203 g/mol. The summed E-state index contributed by atoms with van der Waals surface area (Å²) in [5, 5.41) is 0. The van der Waals surface area contributed by atoms with Gasteiger partial charge in [0.2, 0.25) is 5.95 Å². The van der Waals surface area contributed by atoms with Crippen LogP contribution in [-0.2, 0) is 6.42 Å². The van der Waals surface area contributed by atoms with Gasteiger partial charge in [0.1, 0.15) is 0 Å². The largest absolute Gasteiger partial charge is 0.368 e. The number of rotatable bonds is 3. The maximum atomic E-state index is 5.79. The Morgan fingerprint density at radius 3 is 1.87 bits per heavy atom. The minimum absolute atomic E-state index is 0.482. The fourth-order valence-electron chi connectivity index (χ4n) is 2.29. The molecule has 2 aliphatic rings. The molecule has 0 aliphatic heterocycles. The van der Waals surface area contributed by atoms with Crippen LogP contribution in [0.15, 0.2) is 0 Å². The zero-order valence-corrected chi connectivity index (χ0v) is 9.16. The molecule has 0 aromatic carbocycles. The first-order valence-electron chi connectivity index (χ1n) is 5.95. The number of nitrogens with zero attached hydrogens (tertiary/aromatic N) is 2. The van der Waals surface area contributed by atoms with Crippen molar-refractivity contribution in [1.82, 2.24) is 9.97 Å². The minimum Gasteiger partial charge on any atom is -0.368 e. The summed E-state index contributed by atoms with van der Waals surface area (Å²) < 4.78 is 0. The molecule has 2 N–H and O–H groups in total. The highest BCUT2D eigenvalue weighted by Gasteiger charge is 2.33. The van der Waals surface area contributed by atoms with Crippen LogP contribution in [0.2, 0.25) is 0 Å². The lowest BCUT2D eigenvalue weighted by atomic mass is 10.0. The van der Waals surface area contributed by atoms with Crippen molar-refractivity contribution in [2.75, 3.05) is 5.73 Å². The van der Waals surface area contributed by atoms with Crippen molar-refractivity contribution < 1.29 is 0 Å². The van der Waals surface area contributed by atoms with Crippen LogP contribution in [0, 0.1) is 0 Å². The Kier molecular flexibility index (Phi) is 1.94. The van der Waals surface area contributed by atoms with Gasteiger partial charge in [-0.25, -0.2) is 9.97 Å². The molecular formula is C12H17N3. The van der Waals surface area contributed by atoms with Crippen LogP contribution in [0.5, 0.6) is 0 Å². The molecule has 0 unspecified atom stereocenters. The van der Waals surface area contributed by atoms with Crippen molar-refractivity contribution in [2.45, 2.75) is 50.9 Å². The Bertz CT molecular complexity index is 359.